The largest absolute Gasteiger partial charge is 0.458 e. The Labute approximate surface area is 131 Å². The Morgan fingerprint density at radius 1 is 1.22 bits per heavy atom. The maximum absolute atomic E-state index is 12.3. The highest BCUT2D eigenvalue weighted by atomic mass is 16.6. The molecule has 1 aromatic rings. The van der Waals surface area contributed by atoms with Gasteiger partial charge in [0, 0.05) is 17.5 Å². The molecule has 2 aliphatic rings. The molecule has 3 unspecified atom stereocenters. The van der Waals surface area contributed by atoms with Crippen LogP contribution >= 0.6 is 0 Å². The fourth-order valence-corrected chi connectivity index (χ4v) is 3.79. The molecule has 122 valence electrons. The van der Waals surface area contributed by atoms with Crippen molar-refractivity contribution in [1.82, 2.24) is 0 Å². The van der Waals surface area contributed by atoms with Crippen LogP contribution in [0, 0.1) is 31.6 Å². The number of esters is 1. The monoisotopic (exact) mass is 320 g/mol. The molecule has 8 heteroatoms. The van der Waals surface area contributed by atoms with Crippen LogP contribution in [0.1, 0.15) is 43.0 Å². The van der Waals surface area contributed by atoms with E-state index in [4.69, 9.17) is 4.74 Å². The Hall–Kier alpha value is -2.51. The SMILES string of the molecule is CC12CCC(CC1OC(=O)c1cc([N+](=O)[O-])cc([N+](=O)[O-])c1)C2. The molecule has 3 rings (SSSR count). The predicted molar refractivity (Wildman–Crippen MR) is 79.0 cm³/mol. The van der Waals surface area contributed by atoms with Crippen LogP contribution in [0.2, 0.25) is 0 Å². The molecule has 23 heavy (non-hydrogen) atoms. The van der Waals surface area contributed by atoms with Gasteiger partial charge in [0.25, 0.3) is 11.4 Å². The number of carbonyl (C=O) groups is 1. The number of nitro benzene ring substituents is 2. The van der Waals surface area contributed by atoms with Crippen LogP contribution in [-0.4, -0.2) is 21.9 Å². The summed E-state index contributed by atoms with van der Waals surface area (Å²) in [6.07, 6.45) is 3.70. The van der Waals surface area contributed by atoms with Crippen LogP contribution in [0.3, 0.4) is 0 Å². The normalized spacial score (nSPS) is 28.6. The van der Waals surface area contributed by atoms with Crippen LogP contribution < -0.4 is 0 Å². The lowest BCUT2D eigenvalue weighted by atomic mass is 9.84. The molecule has 2 bridgehead atoms. The van der Waals surface area contributed by atoms with Gasteiger partial charge < -0.3 is 4.74 Å². The molecule has 1 aromatic carbocycles. The number of benzene rings is 1. The molecule has 0 aliphatic heterocycles. The third-order valence-electron chi connectivity index (χ3n) is 5.01. The Morgan fingerprint density at radius 3 is 2.26 bits per heavy atom. The average Bonchev–Trinajstić information content (AvgIpc) is 3.01. The lowest BCUT2D eigenvalue weighted by molar-refractivity contribution is -0.394. The third kappa shape index (κ3) is 2.76. The zero-order valence-corrected chi connectivity index (χ0v) is 12.6. The van der Waals surface area contributed by atoms with E-state index in [-0.39, 0.29) is 17.1 Å². The lowest BCUT2D eigenvalue weighted by Gasteiger charge is -2.30. The summed E-state index contributed by atoms with van der Waals surface area (Å²) in [6.45, 7) is 2.08. The zero-order chi connectivity index (χ0) is 16.8. The van der Waals surface area contributed by atoms with Crippen LogP contribution in [0.5, 0.6) is 0 Å². The fraction of sp³-hybridized carbons (Fsp3) is 0.533. The summed E-state index contributed by atoms with van der Waals surface area (Å²) in [4.78, 5) is 32.5. The second-order valence-corrected chi connectivity index (χ2v) is 6.64. The van der Waals surface area contributed by atoms with Crippen molar-refractivity contribution in [3.63, 3.8) is 0 Å². The number of rotatable bonds is 4. The number of hydrogen-bond donors (Lipinski definition) is 0. The minimum Gasteiger partial charge on any atom is -0.458 e. The molecule has 2 aliphatic carbocycles. The molecule has 0 saturated heterocycles. The van der Waals surface area contributed by atoms with Gasteiger partial charge in [-0.1, -0.05) is 6.92 Å². The van der Waals surface area contributed by atoms with E-state index in [2.05, 4.69) is 6.92 Å². The topological polar surface area (TPSA) is 113 Å². The van der Waals surface area contributed by atoms with Gasteiger partial charge in [-0.05, 0) is 31.6 Å². The summed E-state index contributed by atoms with van der Waals surface area (Å²) in [5.74, 6) is -0.187. The van der Waals surface area contributed by atoms with Gasteiger partial charge in [-0.3, -0.25) is 20.2 Å². The van der Waals surface area contributed by atoms with Crippen molar-refractivity contribution < 1.29 is 19.4 Å². The zero-order valence-electron chi connectivity index (χ0n) is 12.6. The van der Waals surface area contributed by atoms with E-state index in [0.29, 0.717) is 5.92 Å². The first-order valence-electron chi connectivity index (χ1n) is 7.43. The molecule has 3 atom stereocenters. The van der Waals surface area contributed by atoms with E-state index in [9.17, 15) is 25.0 Å². The van der Waals surface area contributed by atoms with Crippen molar-refractivity contribution in [3.8, 4) is 0 Å². The van der Waals surface area contributed by atoms with E-state index < -0.39 is 27.2 Å². The third-order valence-corrected chi connectivity index (χ3v) is 5.01. The lowest BCUT2D eigenvalue weighted by Crippen LogP contribution is -2.32. The second kappa shape index (κ2) is 5.29. The predicted octanol–water partition coefficient (Wildman–Crippen LogP) is 3.24. The van der Waals surface area contributed by atoms with E-state index >= 15 is 0 Å². The summed E-state index contributed by atoms with van der Waals surface area (Å²) in [6, 6.07) is 2.87. The number of non-ortho nitro benzene ring substituents is 2. The van der Waals surface area contributed by atoms with Gasteiger partial charge in [-0.15, -0.1) is 0 Å². The van der Waals surface area contributed by atoms with Crippen LogP contribution in [0.4, 0.5) is 11.4 Å². The highest BCUT2D eigenvalue weighted by Gasteiger charge is 2.50. The van der Waals surface area contributed by atoms with Crippen molar-refractivity contribution in [2.45, 2.75) is 38.7 Å². The first kappa shape index (κ1) is 15.4. The molecular weight excluding hydrogens is 304 g/mol. The summed E-state index contributed by atoms with van der Waals surface area (Å²) in [5.41, 5.74) is -1.19. The van der Waals surface area contributed by atoms with Gasteiger partial charge in [-0.25, -0.2) is 4.79 Å². The van der Waals surface area contributed by atoms with Gasteiger partial charge in [0.2, 0.25) is 0 Å². The first-order valence-corrected chi connectivity index (χ1v) is 7.43. The number of nitrogens with zero attached hydrogens (tertiary/aromatic N) is 2. The van der Waals surface area contributed by atoms with Gasteiger partial charge >= 0.3 is 5.97 Å². The number of hydrogen-bond acceptors (Lipinski definition) is 6. The standard InChI is InChI=1S/C15H16N2O6/c1-15-3-2-9(8-15)4-13(15)23-14(18)10-5-11(16(19)20)7-12(6-10)17(21)22/h5-7,9,13H,2-4,8H2,1H3. The number of nitro groups is 2. The Balaban J connectivity index is 1.84. The van der Waals surface area contributed by atoms with E-state index in [0.717, 1.165) is 43.9 Å². The number of fused-ring (bicyclic) bond motifs is 2. The summed E-state index contributed by atoms with van der Waals surface area (Å²) in [5, 5.41) is 21.8. The van der Waals surface area contributed by atoms with E-state index in [1.165, 1.54) is 0 Å². The van der Waals surface area contributed by atoms with Gasteiger partial charge in [0.05, 0.1) is 21.5 Å². The highest BCUT2D eigenvalue weighted by molar-refractivity contribution is 5.91. The molecule has 0 N–H and O–H groups in total. The maximum atomic E-state index is 12.3. The first-order chi connectivity index (χ1) is 10.8. The van der Waals surface area contributed by atoms with Crippen LogP contribution in [0.15, 0.2) is 18.2 Å². The molecule has 0 amide bonds. The smallest absolute Gasteiger partial charge is 0.338 e. The number of ether oxygens (including phenoxy) is 1. The summed E-state index contributed by atoms with van der Waals surface area (Å²) >= 11 is 0. The maximum Gasteiger partial charge on any atom is 0.338 e. The Morgan fingerprint density at radius 2 is 1.83 bits per heavy atom. The summed E-state index contributed by atoms with van der Waals surface area (Å²) in [7, 11) is 0. The van der Waals surface area contributed by atoms with Crippen molar-refractivity contribution in [2.24, 2.45) is 11.3 Å². The molecule has 8 nitrogen and oxygen atoms in total. The quantitative estimate of drug-likeness (QED) is 0.478. The van der Waals surface area contributed by atoms with Crippen LogP contribution in [0.25, 0.3) is 0 Å². The molecule has 2 saturated carbocycles. The minimum atomic E-state index is -0.761. The highest BCUT2D eigenvalue weighted by Crippen LogP contribution is 2.55. The van der Waals surface area contributed by atoms with E-state index in [1.54, 1.807) is 0 Å². The van der Waals surface area contributed by atoms with E-state index in [1.807, 2.05) is 0 Å². The number of carbonyl (C=O) groups excluding carboxylic acids is 1. The second-order valence-electron chi connectivity index (χ2n) is 6.64. The molecular formula is C15H16N2O6. The van der Waals surface area contributed by atoms with Crippen molar-refractivity contribution >= 4 is 17.3 Å². The van der Waals surface area contributed by atoms with Crippen molar-refractivity contribution in [1.29, 1.82) is 0 Å². The fourth-order valence-electron chi connectivity index (χ4n) is 3.79. The van der Waals surface area contributed by atoms with Crippen molar-refractivity contribution in [3.05, 3.63) is 44.0 Å². The average molecular weight is 320 g/mol. The van der Waals surface area contributed by atoms with Gasteiger partial charge in [-0.2, -0.15) is 0 Å². The minimum absolute atomic E-state index is 0.0486. The van der Waals surface area contributed by atoms with Crippen molar-refractivity contribution in [2.75, 3.05) is 0 Å². The molecule has 0 radical (unpaired) electrons. The molecule has 0 spiro atoms. The molecule has 2 fully saturated rings. The Kier molecular flexibility index (Phi) is 3.54. The summed E-state index contributed by atoms with van der Waals surface area (Å²) < 4.78 is 5.52. The van der Waals surface area contributed by atoms with Gasteiger partial charge in [0.1, 0.15) is 6.10 Å². The Bertz CT molecular complexity index is 671. The molecule has 0 aromatic heterocycles. The van der Waals surface area contributed by atoms with Gasteiger partial charge in [0.15, 0.2) is 0 Å². The van der Waals surface area contributed by atoms with Crippen LogP contribution in [-0.2, 0) is 4.74 Å². The molecule has 0 heterocycles.